The zero-order valence-electron chi connectivity index (χ0n) is 17.3. The van der Waals surface area contributed by atoms with Crippen LogP contribution in [0.15, 0.2) is 78.4 Å². The summed E-state index contributed by atoms with van der Waals surface area (Å²) in [5.41, 5.74) is 5.12. The molecule has 2 heterocycles. The molecule has 0 aliphatic heterocycles. The molecule has 0 fully saturated rings. The Hall–Kier alpha value is -3.22. The quantitative estimate of drug-likeness (QED) is 0.184. The topological polar surface area (TPSA) is 60.4 Å². The summed E-state index contributed by atoms with van der Waals surface area (Å²) >= 11 is 7.31. The van der Waals surface area contributed by atoms with Gasteiger partial charge in [-0.1, -0.05) is 36.4 Å². The number of furan rings is 2. The van der Waals surface area contributed by atoms with Gasteiger partial charge in [0.2, 0.25) is 0 Å². The number of carbonyl (C=O) groups excluding carboxylic acids is 2. The van der Waals surface area contributed by atoms with E-state index in [9.17, 15) is 9.59 Å². The first kappa shape index (κ1) is 19.1. The molecule has 0 amide bonds. The number of para-hydroxylation sites is 2. The fourth-order valence-corrected chi connectivity index (χ4v) is 7.25. The number of ketones is 2. The Bertz CT molecular complexity index is 1800. The number of fused-ring (bicyclic) bond motifs is 13. The SMILES string of the molecule is O=C1c2cc(Br)c3c(oc4ccccc43)c2C2C(=O)c3cc(Br)c4c(oc5ccccc54)c3C12. The highest BCUT2D eigenvalue weighted by Crippen LogP contribution is 2.58. The van der Waals surface area contributed by atoms with E-state index in [2.05, 4.69) is 31.9 Å². The fourth-order valence-electron chi connectivity index (χ4n) is 6.00. The summed E-state index contributed by atoms with van der Waals surface area (Å²) in [6, 6.07) is 19.2. The van der Waals surface area contributed by atoms with Crippen molar-refractivity contribution in [3.63, 3.8) is 0 Å². The van der Waals surface area contributed by atoms with Gasteiger partial charge in [-0.3, -0.25) is 9.59 Å². The molecule has 0 bridgehead atoms. The van der Waals surface area contributed by atoms with Crippen LogP contribution in [0.25, 0.3) is 43.9 Å². The van der Waals surface area contributed by atoms with Crippen LogP contribution < -0.4 is 0 Å². The van der Waals surface area contributed by atoms with Gasteiger partial charge in [0.15, 0.2) is 11.6 Å². The zero-order chi connectivity index (χ0) is 22.9. The summed E-state index contributed by atoms with van der Waals surface area (Å²) < 4.78 is 14.1. The molecule has 2 atom stereocenters. The van der Waals surface area contributed by atoms with Crippen molar-refractivity contribution in [1.82, 2.24) is 0 Å². The predicted octanol–water partition coefficient (Wildman–Crippen LogP) is 8.27. The lowest BCUT2D eigenvalue weighted by molar-refractivity contribution is 0.0913. The summed E-state index contributed by atoms with van der Waals surface area (Å²) in [7, 11) is 0. The van der Waals surface area contributed by atoms with Crippen molar-refractivity contribution >= 4 is 87.3 Å². The molecule has 0 spiro atoms. The third kappa shape index (κ3) is 2.10. The Labute approximate surface area is 208 Å². The Balaban J connectivity index is 1.49. The van der Waals surface area contributed by atoms with Gasteiger partial charge in [0.1, 0.15) is 22.3 Å². The van der Waals surface area contributed by atoms with E-state index < -0.39 is 11.8 Å². The first-order chi connectivity index (χ1) is 16.5. The second-order valence-electron chi connectivity index (χ2n) is 8.93. The van der Waals surface area contributed by atoms with Gasteiger partial charge < -0.3 is 8.83 Å². The Morgan fingerprint density at radius 2 is 1.03 bits per heavy atom. The molecule has 0 N–H and O–H groups in total. The maximum atomic E-state index is 13.9. The highest BCUT2D eigenvalue weighted by molar-refractivity contribution is 9.11. The molecule has 4 nitrogen and oxygen atoms in total. The molecule has 6 heteroatoms. The van der Waals surface area contributed by atoms with Crippen molar-refractivity contribution in [2.45, 2.75) is 11.8 Å². The van der Waals surface area contributed by atoms with Crippen LogP contribution in [0, 0.1) is 0 Å². The lowest BCUT2D eigenvalue weighted by atomic mass is 9.91. The molecule has 6 aromatic rings. The average molecular weight is 572 g/mol. The normalized spacial score (nSPS) is 19.0. The minimum Gasteiger partial charge on any atom is -0.456 e. The Kier molecular flexibility index (Phi) is 3.52. The summed E-state index contributed by atoms with van der Waals surface area (Å²) in [6.07, 6.45) is 0. The molecule has 4 aromatic carbocycles. The third-order valence-corrected chi connectivity index (χ3v) is 8.58. The molecule has 2 aliphatic rings. The van der Waals surface area contributed by atoms with E-state index in [1.807, 2.05) is 60.7 Å². The number of Topliss-reactive ketones (excluding diaryl/α,β-unsaturated/α-hetero) is 2. The smallest absolute Gasteiger partial charge is 0.172 e. The molecule has 2 unspecified atom stereocenters. The van der Waals surface area contributed by atoms with E-state index >= 15 is 0 Å². The number of rotatable bonds is 0. The minimum atomic E-state index is -0.626. The van der Waals surface area contributed by atoms with Crippen LogP contribution in [-0.4, -0.2) is 11.6 Å². The Morgan fingerprint density at radius 1 is 0.618 bits per heavy atom. The maximum Gasteiger partial charge on any atom is 0.172 e. The van der Waals surface area contributed by atoms with Gasteiger partial charge in [0.05, 0.1) is 11.8 Å². The molecule has 0 saturated heterocycles. The van der Waals surface area contributed by atoms with E-state index in [-0.39, 0.29) is 11.6 Å². The van der Waals surface area contributed by atoms with Gasteiger partial charge in [0, 0.05) is 52.7 Å². The van der Waals surface area contributed by atoms with E-state index in [1.54, 1.807) is 0 Å². The van der Waals surface area contributed by atoms with Crippen molar-refractivity contribution < 1.29 is 18.4 Å². The van der Waals surface area contributed by atoms with Crippen LogP contribution >= 0.6 is 31.9 Å². The Morgan fingerprint density at radius 3 is 1.47 bits per heavy atom. The molecule has 0 radical (unpaired) electrons. The van der Waals surface area contributed by atoms with Crippen molar-refractivity contribution in [2.24, 2.45) is 0 Å². The van der Waals surface area contributed by atoms with Crippen LogP contribution in [0.3, 0.4) is 0 Å². The lowest BCUT2D eigenvalue weighted by Crippen LogP contribution is -2.09. The number of hydrogen-bond donors (Lipinski definition) is 0. The number of halogens is 2. The van der Waals surface area contributed by atoms with Crippen molar-refractivity contribution in [3.05, 3.63) is 91.9 Å². The second kappa shape index (κ2) is 6.26. The van der Waals surface area contributed by atoms with Crippen LogP contribution in [0.2, 0.25) is 0 Å². The summed E-state index contributed by atoms with van der Waals surface area (Å²) in [4.78, 5) is 27.7. The van der Waals surface area contributed by atoms with E-state index in [0.29, 0.717) is 33.4 Å². The molecular formula is C28H12Br2O4. The van der Waals surface area contributed by atoms with Gasteiger partial charge in [-0.25, -0.2) is 0 Å². The molecule has 34 heavy (non-hydrogen) atoms. The first-order valence-corrected chi connectivity index (χ1v) is 12.5. The highest BCUT2D eigenvalue weighted by Gasteiger charge is 2.54. The maximum absolute atomic E-state index is 13.9. The summed E-state index contributed by atoms with van der Waals surface area (Å²) in [6.45, 7) is 0. The highest BCUT2D eigenvalue weighted by atomic mass is 79.9. The van der Waals surface area contributed by atoms with Crippen LogP contribution in [0.5, 0.6) is 0 Å². The molecule has 0 saturated carbocycles. The third-order valence-electron chi connectivity index (χ3n) is 7.33. The van der Waals surface area contributed by atoms with Gasteiger partial charge in [-0.2, -0.15) is 0 Å². The molecule has 8 rings (SSSR count). The molecule has 2 aromatic heterocycles. The van der Waals surface area contributed by atoms with E-state index in [0.717, 1.165) is 41.7 Å². The summed E-state index contributed by atoms with van der Waals surface area (Å²) in [5, 5.41) is 3.69. The fraction of sp³-hybridized carbons (Fsp3) is 0.0714. The zero-order valence-corrected chi connectivity index (χ0v) is 20.5. The van der Waals surface area contributed by atoms with Crippen LogP contribution in [-0.2, 0) is 0 Å². The largest absolute Gasteiger partial charge is 0.456 e. The van der Waals surface area contributed by atoms with Crippen molar-refractivity contribution in [1.29, 1.82) is 0 Å². The van der Waals surface area contributed by atoms with E-state index in [1.165, 1.54) is 0 Å². The van der Waals surface area contributed by atoms with Gasteiger partial charge in [0.25, 0.3) is 0 Å². The molecular weight excluding hydrogens is 560 g/mol. The first-order valence-electron chi connectivity index (χ1n) is 10.9. The van der Waals surface area contributed by atoms with Crippen molar-refractivity contribution in [2.75, 3.05) is 0 Å². The molecule has 162 valence electrons. The van der Waals surface area contributed by atoms with E-state index in [4.69, 9.17) is 8.83 Å². The molecule has 2 aliphatic carbocycles. The minimum absolute atomic E-state index is 0.0702. The van der Waals surface area contributed by atoms with Crippen molar-refractivity contribution in [3.8, 4) is 0 Å². The number of hydrogen-bond acceptors (Lipinski definition) is 4. The average Bonchev–Trinajstić information content (AvgIpc) is 3.55. The van der Waals surface area contributed by atoms with Gasteiger partial charge in [-0.15, -0.1) is 0 Å². The van der Waals surface area contributed by atoms with Crippen LogP contribution in [0.1, 0.15) is 43.7 Å². The van der Waals surface area contributed by atoms with Gasteiger partial charge >= 0.3 is 0 Å². The number of benzene rings is 4. The summed E-state index contributed by atoms with van der Waals surface area (Å²) in [5.74, 6) is -1.39. The van der Waals surface area contributed by atoms with Crippen LogP contribution in [0.4, 0.5) is 0 Å². The lowest BCUT2D eigenvalue weighted by Gasteiger charge is -2.08. The standard InChI is InChI=1S/C28H12Br2O4/c29-15-9-13-21(27-19(15)11-5-1-3-7-17(11)33-27)23-24(25(13)31)22-14(26(23)32)10-16(30)20-12-6-2-4-8-18(12)34-28(20)22/h1-10,23-24H. The van der Waals surface area contributed by atoms with Gasteiger partial charge in [-0.05, 0) is 56.1 Å². The second-order valence-corrected chi connectivity index (χ2v) is 10.6. The predicted molar refractivity (Wildman–Crippen MR) is 137 cm³/mol. The monoisotopic (exact) mass is 570 g/mol. The number of carbonyl (C=O) groups is 2.